The van der Waals surface area contributed by atoms with E-state index in [2.05, 4.69) is 4.74 Å². The predicted octanol–water partition coefficient (Wildman–Crippen LogP) is -0.642. The van der Waals surface area contributed by atoms with E-state index in [1.807, 2.05) is 0 Å². The molecule has 0 unspecified atom stereocenters. The Kier molecular flexibility index (Phi) is 2.93. The van der Waals surface area contributed by atoms with E-state index < -0.39 is 17.9 Å². The first-order valence-electron chi connectivity index (χ1n) is 3.71. The second-order valence-corrected chi connectivity index (χ2v) is 2.72. The number of benzene rings is 1. The van der Waals surface area contributed by atoms with Crippen LogP contribution in [0, 0.1) is 0 Å². The third-order valence-electron chi connectivity index (χ3n) is 1.88. The minimum absolute atomic E-state index is 0. The van der Waals surface area contributed by atoms with Crippen molar-refractivity contribution in [1.29, 1.82) is 0 Å². The number of carbonyl (C=O) groups is 3. The van der Waals surface area contributed by atoms with Crippen LogP contribution in [0.25, 0.3) is 0 Å². The average Bonchev–Trinajstić information content (AvgIpc) is 2.42. The van der Waals surface area contributed by atoms with Crippen LogP contribution >= 0.6 is 0 Å². The number of carboxylic acid groups (broad SMARTS) is 1. The molecule has 80 valence electrons. The zero-order chi connectivity index (χ0) is 10.3. The number of ether oxygens (including phenoxy) is 1. The second kappa shape index (κ2) is 3.84. The summed E-state index contributed by atoms with van der Waals surface area (Å²) in [6, 6.07) is 3.49. The van der Waals surface area contributed by atoms with Crippen molar-refractivity contribution in [2.45, 2.75) is 0 Å². The summed E-state index contributed by atoms with van der Waals surface area (Å²) in [5, 5.41) is 10.4. The summed E-state index contributed by atoms with van der Waals surface area (Å²) in [7, 11) is 0. The Bertz CT molecular complexity index is 466. The molecular formula is C9H3CuO5. The molecule has 1 aliphatic heterocycles. The molecule has 15 heavy (non-hydrogen) atoms. The van der Waals surface area contributed by atoms with Crippen LogP contribution in [0.5, 0.6) is 0 Å². The smallest absolute Gasteiger partial charge is 0.545 e. The Balaban J connectivity index is 0.00000112. The summed E-state index contributed by atoms with van der Waals surface area (Å²) < 4.78 is 4.28. The first-order chi connectivity index (χ1) is 6.59. The third-order valence-corrected chi connectivity index (χ3v) is 1.88. The van der Waals surface area contributed by atoms with E-state index in [1.165, 1.54) is 12.1 Å². The van der Waals surface area contributed by atoms with E-state index in [4.69, 9.17) is 0 Å². The molecule has 0 radical (unpaired) electrons. The van der Waals surface area contributed by atoms with Crippen molar-refractivity contribution >= 4 is 17.9 Å². The number of carbonyl (C=O) groups excluding carboxylic acids is 3. The Morgan fingerprint density at radius 2 is 1.73 bits per heavy atom. The van der Waals surface area contributed by atoms with E-state index >= 15 is 0 Å². The van der Waals surface area contributed by atoms with Gasteiger partial charge < -0.3 is 14.6 Å². The molecule has 0 spiro atoms. The van der Waals surface area contributed by atoms with Crippen molar-refractivity contribution in [3.05, 3.63) is 34.9 Å². The van der Waals surface area contributed by atoms with Gasteiger partial charge in [-0.3, -0.25) is 0 Å². The van der Waals surface area contributed by atoms with Crippen LogP contribution < -0.4 is 5.11 Å². The Hall–Kier alpha value is -1.65. The Morgan fingerprint density at radius 1 is 1.13 bits per heavy atom. The number of fused-ring (bicyclic) bond motifs is 1. The van der Waals surface area contributed by atoms with Crippen LogP contribution in [0.1, 0.15) is 31.1 Å². The van der Waals surface area contributed by atoms with Gasteiger partial charge in [-0.1, -0.05) is 6.07 Å². The normalized spacial score (nSPS) is 12.8. The van der Waals surface area contributed by atoms with Crippen molar-refractivity contribution in [3.8, 4) is 0 Å². The fraction of sp³-hybridized carbons (Fsp3) is 0. The first-order valence-corrected chi connectivity index (χ1v) is 3.71. The predicted molar refractivity (Wildman–Crippen MR) is 40.5 cm³/mol. The second-order valence-electron chi connectivity index (χ2n) is 2.72. The standard InChI is InChI=1S/C9H4O5.Cu/c10-7(11)4-1-2-5-6(3-4)9(13)14-8(5)12;/h1-3H,(H,10,11);/q;+1/p-1. The number of aromatic carboxylic acids is 1. The van der Waals surface area contributed by atoms with Crippen molar-refractivity contribution in [3.63, 3.8) is 0 Å². The number of rotatable bonds is 1. The fourth-order valence-corrected chi connectivity index (χ4v) is 1.21. The molecule has 6 heteroatoms. The molecule has 0 saturated heterocycles. The van der Waals surface area contributed by atoms with Crippen LogP contribution in [-0.4, -0.2) is 17.9 Å². The van der Waals surface area contributed by atoms with Crippen LogP contribution in [0.2, 0.25) is 0 Å². The molecule has 2 rings (SSSR count). The molecule has 0 aliphatic carbocycles. The SMILES string of the molecule is O=C([O-])c1ccc2c(c1)C(=O)OC2=O.[Cu+]. The monoisotopic (exact) mass is 254 g/mol. The maximum atomic E-state index is 11.0. The van der Waals surface area contributed by atoms with Gasteiger partial charge in [-0.05, 0) is 17.7 Å². The van der Waals surface area contributed by atoms with E-state index in [0.29, 0.717) is 0 Å². The van der Waals surface area contributed by atoms with Gasteiger partial charge in [-0.25, -0.2) is 9.59 Å². The van der Waals surface area contributed by atoms with Crippen LogP contribution in [-0.2, 0) is 21.8 Å². The molecule has 0 N–H and O–H groups in total. The number of cyclic esters (lactones) is 2. The summed E-state index contributed by atoms with van der Waals surface area (Å²) in [5.41, 5.74) is -0.105. The summed E-state index contributed by atoms with van der Waals surface area (Å²) in [5.74, 6) is -2.98. The van der Waals surface area contributed by atoms with E-state index in [-0.39, 0.29) is 33.8 Å². The van der Waals surface area contributed by atoms with Crippen molar-refractivity contribution < 1.29 is 41.3 Å². The summed E-state index contributed by atoms with van der Waals surface area (Å²) in [6.07, 6.45) is 0. The molecule has 0 amide bonds. The van der Waals surface area contributed by atoms with Crippen molar-refractivity contribution in [2.75, 3.05) is 0 Å². The van der Waals surface area contributed by atoms with Gasteiger partial charge in [0.05, 0.1) is 17.1 Å². The van der Waals surface area contributed by atoms with Crippen LogP contribution in [0.3, 0.4) is 0 Å². The molecule has 0 atom stereocenters. The van der Waals surface area contributed by atoms with Gasteiger partial charge in [-0.15, -0.1) is 0 Å². The first kappa shape index (κ1) is 11.4. The number of hydrogen-bond acceptors (Lipinski definition) is 5. The molecule has 0 bridgehead atoms. The molecule has 1 aliphatic rings. The van der Waals surface area contributed by atoms with Gasteiger partial charge in [0, 0.05) is 0 Å². The number of carboxylic acids is 1. The van der Waals surface area contributed by atoms with E-state index in [1.54, 1.807) is 0 Å². The topological polar surface area (TPSA) is 83.5 Å². The van der Waals surface area contributed by atoms with Crippen LogP contribution in [0.15, 0.2) is 18.2 Å². The maximum Gasteiger partial charge on any atom is 1.00 e. The molecule has 1 aromatic rings. The zero-order valence-corrected chi connectivity index (χ0v) is 8.02. The number of esters is 2. The molecule has 1 heterocycles. The summed E-state index contributed by atoms with van der Waals surface area (Å²) in [4.78, 5) is 32.4. The molecule has 5 nitrogen and oxygen atoms in total. The zero-order valence-electron chi connectivity index (χ0n) is 7.07. The largest absolute Gasteiger partial charge is 1.00 e. The summed E-state index contributed by atoms with van der Waals surface area (Å²) >= 11 is 0. The Morgan fingerprint density at radius 3 is 2.33 bits per heavy atom. The minimum Gasteiger partial charge on any atom is -0.545 e. The van der Waals surface area contributed by atoms with Crippen molar-refractivity contribution in [2.24, 2.45) is 0 Å². The summed E-state index contributed by atoms with van der Waals surface area (Å²) in [6.45, 7) is 0. The molecular weight excluding hydrogens is 252 g/mol. The van der Waals surface area contributed by atoms with Crippen molar-refractivity contribution in [1.82, 2.24) is 0 Å². The molecule has 0 fully saturated rings. The number of hydrogen-bond donors (Lipinski definition) is 0. The van der Waals surface area contributed by atoms with Crippen LogP contribution in [0.4, 0.5) is 0 Å². The molecule has 1 aromatic carbocycles. The molecule has 0 saturated carbocycles. The van der Waals surface area contributed by atoms with Gasteiger partial charge in [-0.2, -0.15) is 0 Å². The van der Waals surface area contributed by atoms with Gasteiger partial charge in [0.2, 0.25) is 0 Å². The van der Waals surface area contributed by atoms with E-state index in [9.17, 15) is 19.5 Å². The third kappa shape index (κ3) is 1.77. The minimum atomic E-state index is -1.40. The Labute approximate surface area is 94.5 Å². The van der Waals surface area contributed by atoms with E-state index in [0.717, 1.165) is 6.07 Å². The average molecular weight is 255 g/mol. The van der Waals surface area contributed by atoms with Gasteiger partial charge >= 0.3 is 29.0 Å². The van der Waals surface area contributed by atoms with Gasteiger partial charge in [0.25, 0.3) is 0 Å². The maximum absolute atomic E-state index is 11.0. The van der Waals surface area contributed by atoms with Gasteiger partial charge in [0.1, 0.15) is 0 Å². The fourth-order valence-electron chi connectivity index (χ4n) is 1.21. The quantitative estimate of drug-likeness (QED) is 0.378. The van der Waals surface area contributed by atoms with Gasteiger partial charge in [0.15, 0.2) is 0 Å². The molecule has 0 aromatic heterocycles.